The standard InChI is InChI=1S/C27H32N10O/c1-19-14-35(25-10-9-21(13-28-25)27-29-31-32-33(27)3)15-20(2)36(19)18-26(38)34-12-11-24-22(16-34)17-37(30-24)23-7-5-4-6-8-23/h4-10,13,17,19-20H,11-12,14-16,18H2,1-3H3/t19-,20+. The van der Waals surface area contributed by atoms with Crippen LogP contribution < -0.4 is 4.90 Å². The van der Waals surface area contributed by atoms with Crippen molar-refractivity contribution in [1.29, 1.82) is 0 Å². The van der Waals surface area contributed by atoms with E-state index in [2.05, 4.69) is 50.4 Å². The van der Waals surface area contributed by atoms with Crippen molar-refractivity contribution in [2.24, 2.45) is 7.05 Å². The summed E-state index contributed by atoms with van der Waals surface area (Å²) in [5.41, 5.74) is 4.13. The van der Waals surface area contributed by atoms with Gasteiger partial charge >= 0.3 is 0 Å². The fraction of sp³-hybridized carbons (Fsp3) is 0.407. The molecule has 2 aliphatic rings. The summed E-state index contributed by atoms with van der Waals surface area (Å²) < 4.78 is 3.56. The lowest BCUT2D eigenvalue weighted by Crippen LogP contribution is -2.59. The van der Waals surface area contributed by atoms with Gasteiger partial charge in [0.15, 0.2) is 5.82 Å². The molecule has 0 saturated carbocycles. The molecule has 11 heteroatoms. The van der Waals surface area contributed by atoms with E-state index in [1.54, 1.807) is 4.68 Å². The number of hydrogen-bond donors (Lipinski definition) is 0. The maximum absolute atomic E-state index is 13.4. The van der Waals surface area contributed by atoms with E-state index in [4.69, 9.17) is 5.10 Å². The number of hydrogen-bond acceptors (Lipinski definition) is 8. The summed E-state index contributed by atoms with van der Waals surface area (Å²) in [7, 11) is 1.81. The third-order valence-corrected chi connectivity index (χ3v) is 7.60. The molecule has 3 aromatic heterocycles. The van der Waals surface area contributed by atoms with Gasteiger partial charge in [0, 0.05) is 75.3 Å². The first-order chi connectivity index (χ1) is 18.5. The minimum atomic E-state index is 0.176. The number of fused-ring (bicyclic) bond motifs is 1. The van der Waals surface area contributed by atoms with E-state index >= 15 is 0 Å². The number of carbonyl (C=O) groups is 1. The summed E-state index contributed by atoms with van der Waals surface area (Å²) in [5, 5.41) is 16.4. The number of rotatable bonds is 5. The number of para-hydroxylation sites is 1. The molecule has 1 saturated heterocycles. The second kappa shape index (κ2) is 9.97. The Balaban J connectivity index is 1.08. The average molecular weight is 513 g/mol. The Labute approximate surface area is 221 Å². The zero-order chi connectivity index (χ0) is 26.2. The van der Waals surface area contributed by atoms with Crippen molar-refractivity contribution in [1.82, 2.24) is 44.8 Å². The first kappa shape index (κ1) is 24.2. The highest BCUT2D eigenvalue weighted by atomic mass is 16.2. The molecule has 38 heavy (non-hydrogen) atoms. The SMILES string of the molecule is C[C@@H]1CN(c2ccc(-c3nnnn3C)cn2)C[C@H](C)N1CC(=O)N1CCc2nn(-c3ccccc3)cc2C1. The van der Waals surface area contributed by atoms with Gasteiger partial charge in [-0.1, -0.05) is 18.2 Å². The van der Waals surface area contributed by atoms with E-state index in [0.717, 1.165) is 47.8 Å². The van der Waals surface area contributed by atoms with E-state index in [-0.39, 0.29) is 18.0 Å². The summed E-state index contributed by atoms with van der Waals surface area (Å²) in [6.45, 7) is 7.73. The van der Waals surface area contributed by atoms with Gasteiger partial charge in [0.2, 0.25) is 5.91 Å². The topological polar surface area (TPSA) is 101 Å². The Morgan fingerprint density at radius 3 is 2.53 bits per heavy atom. The van der Waals surface area contributed by atoms with Gasteiger partial charge in [-0.2, -0.15) is 5.10 Å². The van der Waals surface area contributed by atoms with Crippen LogP contribution in [-0.4, -0.2) is 88.9 Å². The molecule has 196 valence electrons. The van der Waals surface area contributed by atoms with Crippen molar-refractivity contribution in [3.8, 4) is 17.1 Å². The third kappa shape index (κ3) is 4.65. The Morgan fingerprint density at radius 1 is 1.05 bits per heavy atom. The molecule has 0 bridgehead atoms. The Hall–Kier alpha value is -4.12. The van der Waals surface area contributed by atoms with Crippen molar-refractivity contribution in [3.63, 3.8) is 0 Å². The summed E-state index contributed by atoms with van der Waals surface area (Å²) in [6.07, 6.45) is 4.66. The second-order valence-electron chi connectivity index (χ2n) is 10.3. The number of piperazine rings is 1. The van der Waals surface area contributed by atoms with Gasteiger partial charge < -0.3 is 9.80 Å². The monoisotopic (exact) mass is 512 g/mol. The highest BCUT2D eigenvalue weighted by molar-refractivity contribution is 5.78. The zero-order valence-electron chi connectivity index (χ0n) is 22.0. The molecule has 1 fully saturated rings. The maximum atomic E-state index is 13.4. The molecule has 6 rings (SSSR count). The van der Waals surface area contributed by atoms with Crippen LogP contribution in [0.3, 0.4) is 0 Å². The third-order valence-electron chi connectivity index (χ3n) is 7.60. The van der Waals surface area contributed by atoms with Gasteiger partial charge in [-0.15, -0.1) is 5.10 Å². The lowest BCUT2D eigenvalue weighted by atomic mass is 10.1. The molecule has 1 aromatic carbocycles. The molecular weight excluding hydrogens is 480 g/mol. The summed E-state index contributed by atoms with van der Waals surface area (Å²) in [6, 6.07) is 14.6. The molecule has 0 radical (unpaired) electrons. The molecule has 2 aliphatic heterocycles. The molecule has 0 aliphatic carbocycles. The quantitative estimate of drug-likeness (QED) is 0.400. The van der Waals surface area contributed by atoms with Crippen LogP contribution in [0.2, 0.25) is 0 Å². The van der Waals surface area contributed by atoms with E-state index in [1.807, 2.05) is 65.3 Å². The lowest BCUT2D eigenvalue weighted by molar-refractivity contribution is -0.134. The normalized spacial score (nSPS) is 20.0. The molecule has 0 N–H and O–H groups in total. The van der Waals surface area contributed by atoms with Gasteiger partial charge in [0.05, 0.1) is 17.9 Å². The second-order valence-corrected chi connectivity index (χ2v) is 10.3. The smallest absolute Gasteiger partial charge is 0.237 e. The lowest BCUT2D eigenvalue weighted by Gasteiger charge is -2.45. The predicted molar refractivity (Wildman–Crippen MR) is 143 cm³/mol. The number of aromatic nitrogens is 7. The van der Waals surface area contributed by atoms with Crippen molar-refractivity contribution in [2.75, 3.05) is 31.1 Å². The molecule has 0 unspecified atom stereocenters. The maximum Gasteiger partial charge on any atom is 0.237 e. The molecular formula is C27H32N10O. The van der Waals surface area contributed by atoms with E-state index in [9.17, 15) is 4.79 Å². The zero-order valence-corrected chi connectivity index (χ0v) is 22.0. The van der Waals surface area contributed by atoms with Crippen molar-refractivity contribution in [3.05, 3.63) is 66.1 Å². The van der Waals surface area contributed by atoms with Crippen LogP contribution in [-0.2, 0) is 24.8 Å². The molecule has 4 aromatic rings. The Kier molecular flexibility index (Phi) is 6.36. The van der Waals surface area contributed by atoms with E-state index in [0.29, 0.717) is 25.5 Å². The van der Waals surface area contributed by atoms with Crippen molar-refractivity contribution in [2.45, 2.75) is 38.9 Å². The molecule has 11 nitrogen and oxygen atoms in total. The van der Waals surface area contributed by atoms with E-state index in [1.165, 1.54) is 0 Å². The molecule has 5 heterocycles. The molecule has 1 amide bonds. The van der Waals surface area contributed by atoms with Gasteiger partial charge in [-0.3, -0.25) is 9.69 Å². The summed E-state index contributed by atoms with van der Waals surface area (Å²) in [4.78, 5) is 24.7. The van der Waals surface area contributed by atoms with Crippen molar-refractivity contribution < 1.29 is 4.79 Å². The number of carbonyl (C=O) groups excluding carboxylic acids is 1. The van der Waals surface area contributed by atoms with Gasteiger partial charge in [-0.25, -0.2) is 14.3 Å². The fourth-order valence-corrected chi connectivity index (χ4v) is 5.53. The van der Waals surface area contributed by atoms with E-state index < -0.39 is 0 Å². The summed E-state index contributed by atoms with van der Waals surface area (Å²) in [5.74, 6) is 1.79. The van der Waals surface area contributed by atoms with Crippen LogP contribution in [0, 0.1) is 0 Å². The minimum absolute atomic E-state index is 0.176. The van der Waals surface area contributed by atoms with Crippen LogP contribution in [0.5, 0.6) is 0 Å². The van der Waals surface area contributed by atoms with Gasteiger partial charge in [0.25, 0.3) is 0 Å². The number of nitrogens with zero attached hydrogens (tertiary/aromatic N) is 10. The van der Waals surface area contributed by atoms with Crippen LogP contribution in [0.25, 0.3) is 17.1 Å². The number of amides is 1. The first-order valence-electron chi connectivity index (χ1n) is 13.1. The Bertz CT molecular complexity index is 1400. The highest BCUT2D eigenvalue weighted by Crippen LogP contribution is 2.24. The number of pyridine rings is 1. The molecule has 0 spiro atoms. The highest BCUT2D eigenvalue weighted by Gasteiger charge is 2.33. The molecule has 2 atom stereocenters. The number of tetrazole rings is 1. The largest absolute Gasteiger partial charge is 0.354 e. The van der Waals surface area contributed by atoms with Gasteiger partial charge in [0.1, 0.15) is 5.82 Å². The first-order valence-corrected chi connectivity index (χ1v) is 13.1. The summed E-state index contributed by atoms with van der Waals surface area (Å²) >= 11 is 0. The van der Waals surface area contributed by atoms with Gasteiger partial charge in [-0.05, 0) is 48.5 Å². The predicted octanol–water partition coefficient (Wildman–Crippen LogP) is 1.94. The van der Waals surface area contributed by atoms with Crippen LogP contribution >= 0.6 is 0 Å². The Morgan fingerprint density at radius 2 is 1.84 bits per heavy atom. The number of anilines is 1. The van der Waals surface area contributed by atoms with Crippen LogP contribution in [0.1, 0.15) is 25.1 Å². The number of aryl methyl sites for hydroxylation is 1. The van der Waals surface area contributed by atoms with Crippen molar-refractivity contribution >= 4 is 11.7 Å². The average Bonchev–Trinajstić information content (AvgIpc) is 3.57. The number of benzene rings is 1. The van der Waals surface area contributed by atoms with Crippen LogP contribution in [0.4, 0.5) is 5.82 Å². The minimum Gasteiger partial charge on any atom is -0.354 e. The van der Waals surface area contributed by atoms with Crippen LogP contribution in [0.15, 0.2) is 54.9 Å². The fourth-order valence-electron chi connectivity index (χ4n) is 5.53.